The summed E-state index contributed by atoms with van der Waals surface area (Å²) in [5.41, 5.74) is 5.57. The highest BCUT2D eigenvalue weighted by molar-refractivity contribution is 5.16. The molecule has 1 saturated carbocycles. The van der Waals surface area contributed by atoms with E-state index in [0.29, 0.717) is 5.95 Å². The summed E-state index contributed by atoms with van der Waals surface area (Å²) in [5, 5.41) is 0. The topological polar surface area (TPSA) is 64.7 Å². The zero-order valence-corrected chi connectivity index (χ0v) is 7.82. The van der Waals surface area contributed by atoms with E-state index in [9.17, 15) is 0 Å². The molecule has 2 rings (SSSR count). The van der Waals surface area contributed by atoms with Crippen LogP contribution in [-0.2, 0) is 12.8 Å². The van der Waals surface area contributed by atoms with Gasteiger partial charge in [0.2, 0.25) is 5.95 Å². The van der Waals surface area contributed by atoms with Crippen molar-refractivity contribution < 1.29 is 0 Å². The molecule has 70 valence electrons. The van der Waals surface area contributed by atoms with E-state index in [1.165, 1.54) is 12.8 Å². The molecule has 0 amide bonds. The number of nitrogen functional groups attached to an aromatic ring is 1. The maximum absolute atomic E-state index is 5.57. The largest absolute Gasteiger partial charge is 0.368 e. The fourth-order valence-electron chi connectivity index (χ4n) is 1.32. The van der Waals surface area contributed by atoms with Crippen LogP contribution in [0.2, 0.25) is 0 Å². The van der Waals surface area contributed by atoms with Gasteiger partial charge in [-0.1, -0.05) is 6.92 Å². The lowest BCUT2D eigenvalue weighted by molar-refractivity contribution is 0.742. The van der Waals surface area contributed by atoms with Crippen LogP contribution in [0, 0.1) is 5.92 Å². The van der Waals surface area contributed by atoms with Crippen molar-refractivity contribution >= 4 is 5.95 Å². The quantitative estimate of drug-likeness (QED) is 0.749. The zero-order chi connectivity index (χ0) is 9.26. The molecule has 1 aliphatic carbocycles. The Balaban J connectivity index is 2.17. The standard InChI is InChI=1S/C9H14N4/c1-2-7-11-8(5-6-3-4-6)13-9(10)12-7/h6H,2-5H2,1H3,(H2,10,11,12,13). The molecule has 1 aromatic rings. The van der Waals surface area contributed by atoms with Crippen LogP contribution in [0.1, 0.15) is 31.4 Å². The number of aromatic nitrogens is 3. The highest BCUT2D eigenvalue weighted by atomic mass is 15.1. The van der Waals surface area contributed by atoms with Gasteiger partial charge in [-0.15, -0.1) is 0 Å². The van der Waals surface area contributed by atoms with Crippen LogP contribution in [0.25, 0.3) is 0 Å². The third-order valence-electron chi connectivity index (χ3n) is 2.23. The van der Waals surface area contributed by atoms with Gasteiger partial charge < -0.3 is 5.73 Å². The molecule has 1 heterocycles. The summed E-state index contributed by atoms with van der Waals surface area (Å²) in [4.78, 5) is 12.5. The number of rotatable bonds is 3. The molecule has 0 saturated heterocycles. The molecule has 4 nitrogen and oxygen atoms in total. The van der Waals surface area contributed by atoms with Crippen LogP contribution in [0.15, 0.2) is 0 Å². The van der Waals surface area contributed by atoms with E-state index < -0.39 is 0 Å². The van der Waals surface area contributed by atoms with Crippen LogP contribution in [-0.4, -0.2) is 15.0 Å². The third kappa shape index (κ3) is 2.14. The second-order valence-corrected chi connectivity index (χ2v) is 3.53. The molecule has 13 heavy (non-hydrogen) atoms. The smallest absolute Gasteiger partial charge is 0.223 e. The molecule has 0 aliphatic heterocycles. The van der Waals surface area contributed by atoms with E-state index in [-0.39, 0.29) is 0 Å². The van der Waals surface area contributed by atoms with Gasteiger partial charge in [-0.25, -0.2) is 4.98 Å². The minimum atomic E-state index is 0.363. The average molecular weight is 178 g/mol. The second kappa shape index (κ2) is 3.28. The lowest BCUT2D eigenvalue weighted by atomic mass is 10.3. The maximum atomic E-state index is 5.57. The Morgan fingerprint density at radius 2 is 1.92 bits per heavy atom. The lowest BCUT2D eigenvalue weighted by Gasteiger charge is -2.01. The van der Waals surface area contributed by atoms with E-state index in [1.807, 2.05) is 6.92 Å². The van der Waals surface area contributed by atoms with Crippen LogP contribution in [0.4, 0.5) is 5.95 Å². The SMILES string of the molecule is CCc1nc(N)nc(CC2CC2)n1. The number of anilines is 1. The number of nitrogens with zero attached hydrogens (tertiary/aromatic N) is 3. The summed E-state index contributed by atoms with van der Waals surface area (Å²) in [6.07, 6.45) is 4.42. The maximum Gasteiger partial charge on any atom is 0.223 e. The molecule has 0 aromatic carbocycles. The molecule has 0 unspecified atom stereocenters. The average Bonchev–Trinajstić information content (AvgIpc) is 2.87. The first kappa shape index (κ1) is 8.41. The summed E-state index contributed by atoms with van der Waals surface area (Å²) in [7, 11) is 0. The van der Waals surface area contributed by atoms with Gasteiger partial charge in [0.25, 0.3) is 0 Å². The first-order valence-corrected chi connectivity index (χ1v) is 4.77. The van der Waals surface area contributed by atoms with Crippen molar-refractivity contribution in [2.45, 2.75) is 32.6 Å². The van der Waals surface area contributed by atoms with Gasteiger partial charge >= 0.3 is 0 Å². The Morgan fingerprint density at radius 1 is 1.23 bits per heavy atom. The van der Waals surface area contributed by atoms with Crippen molar-refractivity contribution in [3.8, 4) is 0 Å². The van der Waals surface area contributed by atoms with Crippen LogP contribution in [0.3, 0.4) is 0 Å². The Bertz CT molecular complexity index is 306. The van der Waals surface area contributed by atoms with E-state index in [4.69, 9.17) is 5.73 Å². The molecule has 0 atom stereocenters. The van der Waals surface area contributed by atoms with E-state index in [0.717, 1.165) is 30.4 Å². The second-order valence-electron chi connectivity index (χ2n) is 3.53. The summed E-state index contributed by atoms with van der Waals surface area (Å²) < 4.78 is 0. The van der Waals surface area contributed by atoms with E-state index >= 15 is 0 Å². The summed E-state index contributed by atoms with van der Waals surface area (Å²) in [6, 6.07) is 0. The number of hydrogen-bond acceptors (Lipinski definition) is 4. The van der Waals surface area contributed by atoms with Crippen molar-refractivity contribution in [1.82, 2.24) is 15.0 Å². The number of hydrogen-bond donors (Lipinski definition) is 1. The van der Waals surface area contributed by atoms with Gasteiger partial charge in [-0.3, -0.25) is 0 Å². The van der Waals surface area contributed by atoms with Gasteiger partial charge in [0, 0.05) is 12.8 Å². The first-order valence-electron chi connectivity index (χ1n) is 4.77. The van der Waals surface area contributed by atoms with Crippen molar-refractivity contribution in [3.63, 3.8) is 0 Å². The van der Waals surface area contributed by atoms with Gasteiger partial charge in [0.1, 0.15) is 11.6 Å². The minimum absolute atomic E-state index is 0.363. The Kier molecular flexibility index (Phi) is 2.12. The minimum Gasteiger partial charge on any atom is -0.368 e. The van der Waals surface area contributed by atoms with Gasteiger partial charge in [-0.05, 0) is 18.8 Å². The molecular weight excluding hydrogens is 164 g/mol. The van der Waals surface area contributed by atoms with E-state index in [2.05, 4.69) is 15.0 Å². The van der Waals surface area contributed by atoms with Crippen LogP contribution in [0.5, 0.6) is 0 Å². The van der Waals surface area contributed by atoms with E-state index in [1.54, 1.807) is 0 Å². The Labute approximate surface area is 77.6 Å². The highest BCUT2D eigenvalue weighted by Crippen LogP contribution is 2.31. The molecule has 1 aromatic heterocycles. The van der Waals surface area contributed by atoms with Crippen LogP contribution < -0.4 is 5.73 Å². The lowest BCUT2D eigenvalue weighted by Crippen LogP contribution is -2.07. The van der Waals surface area contributed by atoms with Crippen molar-refractivity contribution in [2.75, 3.05) is 5.73 Å². The molecule has 0 bridgehead atoms. The van der Waals surface area contributed by atoms with Crippen molar-refractivity contribution in [2.24, 2.45) is 5.92 Å². The molecule has 2 N–H and O–H groups in total. The fraction of sp³-hybridized carbons (Fsp3) is 0.667. The predicted molar refractivity (Wildman–Crippen MR) is 50.0 cm³/mol. The normalized spacial score (nSPS) is 16.1. The highest BCUT2D eigenvalue weighted by Gasteiger charge is 2.23. The first-order chi connectivity index (χ1) is 6.28. The van der Waals surface area contributed by atoms with Gasteiger partial charge in [0.15, 0.2) is 0 Å². The molecular formula is C9H14N4. The Morgan fingerprint density at radius 3 is 2.54 bits per heavy atom. The molecule has 0 radical (unpaired) electrons. The van der Waals surface area contributed by atoms with Gasteiger partial charge in [-0.2, -0.15) is 9.97 Å². The van der Waals surface area contributed by atoms with Crippen LogP contribution >= 0.6 is 0 Å². The molecule has 1 aliphatic rings. The summed E-state index contributed by atoms with van der Waals surface area (Å²) in [5.74, 6) is 2.84. The number of aryl methyl sites for hydroxylation is 1. The molecule has 1 fully saturated rings. The van der Waals surface area contributed by atoms with Crippen molar-refractivity contribution in [1.29, 1.82) is 0 Å². The van der Waals surface area contributed by atoms with Crippen molar-refractivity contribution in [3.05, 3.63) is 11.6 Å². The fourth-order valence-corrected chi connectivity index (χ4v) is 1.32. The number of nitrogens with two attached hydrogens (primary N) is 1. The molecule has 4 heteroatoms. The summed E-state index contributed by atoms with van der Waals surface area (Å²) in [6.45, 7) is 2.02. The Hall–Kier alpha value is -1.19. The van der Waals surface area contributed by atoms with Gasteiger partial charge in [0.05, 0.1) is 0 Å². The monoisotopic (exact) mass is 178 g/mol. The third-order valence-corrected chi connectivity index (χ3v) is 2.23. The zero-order valence-electron chi connectivity index (χ0n) is 7.82. The molecule has 0 spiro atoms. The predicted octanol–water partition coefficient (Wildman–Crippen LogP) is 0.969. The summed E-state index contributed by atoms with van der Waals surface area (Å²) >= 11 is 0.